The van der Waals surface area contributed by atoms with E-state index >= 15 is 0 Å². The Kier molecular flexibility index (Phi) is 5.02. The number of anilines is 1. The molecule has 2 rings (SSSR count). The molecule has 0 fully saturated rings. The van der Waals surface area contributed by atoms with Crippen LogP contribution in [0.25, 0.3) is 11.6 Å². The van der Waals surface area contributed by atoms with E-state index in [1.54, 1.807) is 6.07 Å². The Morgan fingerprint density at radius 1 is 1.36 bits per heavy atom. The molecule has 0 aliphatic carbocycles. The molecule has 0 spiro atoms. The molecule has 25 heavy (non-hydrogen) atoms. The van der Waals surface area contributed by atoms with Gasteiger partial charge in [-0.15, -0.1) is 0 Å². The molecule has 128 valence electrons. The summed E-state index contributed by atoms with van der Waals surface area (Å²) in [5, 5.41) is 23.0. The number of hydrogen-bond donors (Lipinski definition) is 1. The van der Waals surface area contributed by atoms with Crippen LogP contribution in [-0.4, -0.2) is 17.0 Å². The number of halogens is 3. The molecular formula is C16H11F3N4O2. The molecule has 0 amide bonds. The standard InChI is InChI=1S/C16H11F3N4O2/c1-21-14-4-2-10(7-15(14)23(24)25)6-11(8-20)13-5-3-12(9-22-13)16(17,18)19/h2-7,9,21H,1H3/b11-6+. The van der Waals surface area contributed by atoms with E-state index in [2.05, 4.69) is 10.3 Å². The molecule has 0 saturated carbocycles. The fourth-order valence-electron chi connectivity index (χ4n) is 2.05. The van der Waals surface area contributed by atoms with Crippen LogP contribution in [0.5, 0.6) is 0 Å². The van der Waals surface area contributed by atoms with E-state index < -0.39 is 16.7 Å². The zero-order valence-corrected chi connectivity index (χ0v) is 12.8. The van der Waals surface area contributed by atoms with E-state index in [4.69, 9.17) is 0 Å². The van der Waals surface area contributed by atoms with Crippen molar-refractivity contribution in [3.63, 3.8) is 0 Å². The van der Waals surface area contributed by atoms with Gasteiger partial charge in [-0.2, -0.15) is 18.4 Å². The summed E-state index contributed by atoms with van der Waals surface area (Å²) in [4.78, 5) is 14.1. The maximum Gasteiger partial charge on any atom is 0.417 e. The molecule has 1 aromatic carbocycles. The maximum absolute atomic E-state index is 12.6. The summed E-state index contributed by atoms with van der Waals surface area (Å²) >= 11 is 0. The highest BCUT2D eigenvalue weighted by molar-refractivity contribution is 5.89. The summed E-state index contributed by atoms with van der Waals surface area (Å²) in [7, 11) is 1.53. The number of nitrogens with one attached hydrogen (secondary N) is 1. The van der Waals surface area contributed by atoms with Crippen LogP contribution < -0.4 is 5.32 Å². The quantitative estimate of drug-likeness (QED) is 0.510. The molecule has 0 saturated heterocycles. The van der Waals surface area contributed by atoms with Crippen LogP contribution in [0.1, 0.15) is 16.8 Å². The van der Waals surface area contributed by atoms with Gasteiger partial charge >= 0.3 is 6.18 Å². The van der Waals surface area contributed by atoms with Crippen molar-refractivity contribution in [3.8, 4) is 6.07 Å². The van der Waals surface area contributed by atoms with Crippen molar-refractivity contribution in [3.05, 3.63) is 63.5 Å². The number of nitro groups is 1. The molecule has 2 aromatic rings. The predicted molar refractivity (Wildman–Crippen MR) is 85.4 cm³/mol. The Balaban J connectivity index is 2.43. The molecule has 0 atom stereocenters. The first kappa shape index (κ1) is 17.9. The number of hydrogen-bond acceptors (Lipinski definition) is 5. The van der Waals surface area contributed by atoms with E-state index in [0.717, 1.165) is 12.1 Å². The number of alkyl halides is 3. The van der Waals surface area contributed by atoms with Gasteiger partial charge in [0.25, 0.3) is 5.69 Å². The lowest BCUT2D eigenvalue weighted by atomic mass is 10.1. The summed E-state index contributed by atoms with van der Waals surface area (Å²) < 4.78 is 37.7. The largest absolute Gasteiger partial charge is 0.417 e. The fourth-order valence-corrected chi connectivity index (χ4v) is 2.05. The molecule has 9 heteroatoms. The zero-order chi connectivity index (χ0) is 18.6. The van der Waals surface area contributed by atoms with Crippen molar-refractivity contribution in [2.45, 2.75) is 6.18 Å². The normalized spacial score (nSPS) is 11.7. The average molecular weight is 348 g/mol. The van der Waals surface area contributed by atoms with E-state index in [1.165, 1.54) is 25.3 Å². The third-order valence-electron chi connectivity index (χ3n) is 3.29. The van der Waals surface area contributed by atoms with Gasteiger partial charge in [-0.3, -0.25) is 15.1 Å². The number of rotatable bonds is 4. The summed E-state index contributed by atoms with van der Waals surface area (Å²) in [5.74, 6) is 0. The highest BCUT2D eigenvalue weighted by Gasteiger charge is 2.30. The van der Waals surface area contributed by atoms with Crippen LogP contribution in [0.3, 0.4) is 0 Å². The van der Waals surface area contributed by atoms with Crippen LogP contribution >= 0.6 is 0 Å². The average Bonchev–Trinajstić information content (AvgIpc) is 2.58. The predicted octanol–water partition coefficient (Wildman–Crippen LogP) is 4.11. The topological polar surface area (TPSA) is 91.8 Å². The molecule has 0 aliphatic heterocycles. The summed E-state index contributed by atoms with van der Waals surface area (Å²) in [6.07, 6.45) is -2.57. The van der Waals surface area contributed by atoms with Gasteiger partial charge in [-0.25, -0.2) is 0 Å². The van der Waals surface area contributed by atoms with Gasteiger partial charge in [0.05, 0.1) is 21.8 Å². The number of aromatic nitrogens is 1. The van der Waals surface area contributed by atoms with Gasteiger partial charge < -0.3 is 5.32 Å². The smallest absolute Gasteiger partial charge is 0.383 e. The van der Waals surface area contributed by atoms with E-state index in [9.17, 15) is 28.5 Å². The molecule has 1 aromatic heterocycles. The molecular weight excluding hydrogens is 337 g/mol. The van der Waals surface area contributed by atoms with Gasteiger partial charge in [0.1, 0.15) is 11.8 Å². The highest BCUT2D eigenvalue weighted by Crippen LogP contribution is 2.30. The third-order valence-corrected chi connectivity index (χ3v) is 3.29. The first-order chi connectivity index (χ1) is 11.8. The van der Waals surface area contributed by atoms with Crippen LogP contribution in [0.4, 0.5) is 24.5 Å². The van der Waals surface area contributed by atoms with Gasteiger partial charge in [0.2, 0.25) is 0 Å². The Morgan fingerprint density at radius 3 is 2.56 bits per heavy atom. The monoisotopic (exact) mass is 348 g/mol. The van der Waals surface area contributed by atoms with Gasteiger partial charge in [0, 0.05) is 19.3 Å². The number of nitro benzene ring substituents is 1. The molecule has 0 radical (unpaired) electrons. The Hall–Kier alpha value is -3.41. The lowest BCUT2D eigenvalue weighted by Crippen LogP contribution is -2.05. The first-order valence-corrected chi connectivity index (χ1v) is 6.88. The van der Waals surface area contributed by atoms with Crippen molar-refractivity contribution in [1.82, 2.24) is 4.98 Å². The molecule has 1 N–H and O–H groups in total. The minimum absolute atomic E-state index is 0.0137. The van der Waals surface area contributed by atoms with Gasteiger partial charge in [-0.1, -0.05) is 6.07 Å². The second kappa shape index (κ2) is 7.00. The summed E-state index contributed by atoms with van der Waals surface area (Å²) in [6, 6.07) is 8.00. The van der Waals surface area contributed by atoms with Gasteiger partial charge in [-0.05, 0) is 29.8 Å². The number of allylic oxidation sites excluding steroid dienone is 1. The summed E-state index contributed by atoms with van der Waals surface area (Å²) in [6.45, 7) is 0. The van der Waals surface area contributed by atoms with E-state index in [-0.39, 0.29) is 17.0 Å². The highest BCUT2D eigenvalue weighted by atomic mass is 19.4. The molecule has 1 heterocycles. The van der Waals surface area contributed by atoms with Crippen LogP contribution in [0.15, 0.2) is 36.5 Å². The number of nitriles is 1. The Morgan fingerprint density at radius 2 is 2.08 bits per heavy atom. The van der Waals surface area contributed by atoms with Crippen LogP contribution in [0, 0.1) is 21.4 Å². The van der Waals surface area contributed by atoms with E-state index in [1.807, 2.05) is 6.07 Å². The van der Waals surface area contributed by atoms with Crippen molar-refractivity contribution in [2.24, 2.45) is 0 Å². The summed E-state index contributed by atoms with van der Waals surface area (Å²) in [5.41, 5.74) is -0.440. The minimum atomic E-state index is -4.52. The van der Waals surface area contributed by atoms with Crippen LogP contribution in [-0.2, 0) is 6.18 Å². The lowest BCUT2D eigenvalue weighted by Gasteiger charge is -2.06. The Labute approximate surface area is 140 Å². The zero-order valence-electron chi connectivity index (χ0n) is 12.8. The fraction of sp³-hybridized carbons (Fsp3) is 0.125. The van der Waals surface area contributed by atoms with Crippen molar-refractivity contribution < 1.29 is 18.1 Å². The van der Waals surface area contributed by atoms with Gasteiger partial charge in [0.15, 0.2) is 0 Å². The molecule has 0 aliphatic rings. The third kappa shape index (κ3) is 4.11. The second-order valence-corrected chi connectivity index (χ2v) is 4.88. The molecule has 6 nitrogen and oxygen atoms in total. The molecule has 0 bridgehead atoms. The Bertz CT molecular complexity index is 868. The van der Waals surface area contributed by atoms with Crippen molar-refractivity contribution in [1.29, 1.82) is 5.26 Å². The number of benzene rings is 1. The second-order valence-electron chi connectivity index (χ2n) is 4.88. The SMILES string of the molecule is CNc1ccc(/C=C(\C#N)c2ccc(C(F)(F)F)cn2)cc1[N+](=O)[O-]. The van der Waals surface area contributed by atoms with Crippen molar-refractivity contribution >= 4 is 23.0 Å². The maximum atomic E-state index is 12.6. The lowest BCUT2D eigenvalue weighted by molar-refractivity contribution is -0.383. The minimum Gasteiger partial charge on any atom is -0.383 e. The molecule has 0 unspecified atom stereocenters. The first-order valence-electron chi connectivity index (χ1n) is 6.88. The number of nitrogens with zero attached hydrogens (tertiary/aromatic N) is 3. The van der Waals surface area contributed by atoms with Crippen LogP contribution in [0.2, 0.25) is 0 Å². The van der Waals surface area contributed by atoms with E-state index in [0.29, 0.717) is 17.4 Å². The van der Waals surface area contributed by atoms with Crippen molar-refractivity contribution in [2.75, 3.05) is 12.4 Å². The number of pyridine rings is 1.